The molecule has 0 N–H and O–H groups in total. The number of ketones is 3. The van der Waals surface area contributed by atoms with Gasteiger partial charge in [-0.3, -0.25) is 14.4 Å². The second kappa shape index (κ2) is 12.0. The molecule has 164 valence electrons. The molecule has 4 rings (SSSR count). The van der Waals surface area contributed by atoms with Crippen LogP contribution in [0.5, 0.6) is 0 Å². The van der Waals surface area contributed by atoms with Gasteiger partial charge in [0, 0.05) is 23.8 Å². The van der Waals surface area contributed by atoms with E-state index >= 15 is 0 Å². The smallest absolute Gasteiger partial charge is 0.233 e. The van der Waals surface area contributed by atoms with Crippen LogP contribution in [0.2, 0.25) is 0 Å². The van der Waals surface area contributed by atoms with E-state index in [1.807, 2.05) is 60.7 Å². The number of benzene rings is 4. The third-order valence-electron chi connectivity index (χ3n) is 4.91. The average molecular weight is 437 g/mol. The zero-order chi connectivity index (χ0) is 23.5. The molecule has 0 aliphatic heterocycles. The molecule has 1 unspecified atom stereocenters. The van der Waals surface area contributed by atoms with Gasteiger partial charge in [-0.2, -0.15) is 0 Å². The van der Waals surface area contributed by atoms with E-state index in [0.29, 0.717) is 16.7 Å². The van der Waals surface area contributed by atoms with E-state index in [1.54, 1.807) is 67.8 Å². The average Bonchev–Trinajstić information content (AvgIpc) is 2.90. The van der Waals surface area contributed by atoms with Gasteiger partial charge in [-0.25, -0.2) is 0 Å². The van der Waals surface area contributed by atoms with E-state index in [2.05, 4.69) is 0 Å². The van der Waals surface area contributed by atoms with Gasteiger partial charge < -0.3 is 4.74 Å². The van der Waals surface area contributed by atoms with Crippen molar-refractivity contribution in [3.63, 3.8) is 0 Å². The van der Waals surface area contributed by atoms with E-state index in [1.165, 1.54) is 0 Å². The number of carbonyl (C=O) groups excluding carboxylic acids is 3. The Morgan fingerprint density at radius 2 is 0.848 bits per heavy atom. The second-order valence-corrected chi connectivity index (χ2v) is 7.15. The van der Waals surface area contributed by atoms with Gasteiger partial charge in [-0.1, -0.05) is 121 Å². The Bertz CT molecular complexity index is 1120. The lowest BCUT2D eigenvalue weighted by Gasteiger charge is -2.14. The highest BCUT2D eigenvalue weighted by atomic mass is 16.5. The standard InChI is InChI=1S/C15H14O2.C14H10O2/c1-17-15(13-10-6-3-7-11-13)14(16)12-8-4-2-5-9-12;15-13(11-7-3-1-4-8-11)14(16)12-9-5-2-6-10-12/h2-11,15H,1H3;1-10H. The quantitative estimate of drug-likeness (QED) is 0.263. The first-order valence-corrected chi connectivity index (χ1v) is 10.5. The van der Waals surface area contributed by atoms with Gasteiger partial charge >= 0.3 is 0 Å². The Kier molecular flexibility index (Phi) is 8.57. The normalized spacial score (nSPS) is 10.9. The molecule has 33 heavy (non-hydrogen) atoms. The molecule has 0 bridgehead atoms. The fourth-order valence-corrected chi connectivity index (χ4v) is 3.22. The van der Waals surface area contributed by atoms with Gasteiger partial charge in [0.05, 0.1) is 0 Å². The second-order valence-electron chi connectivity index (χ2n) is 7.15. The minimum Gasteiger partial charge on any atom is -0.369 e. The summed E-state index contributed by atoms with van der Waals surface area (Å²) in [5.74, 6) is -0.946. The molecule has 0 saturated carbocycles. The Labute approximate surface area is 193 Å². The molecule has 4 aromatic carbocycles. The Morgan fingerprint density at radius 1 is 0.515 bits per heavy atom. The van der Waals surface area contributed by atoms with Crippen LogP contribution in [0.1, 0.15) is 42.7 Å². The predicted octanol–water partition coefficient (Wildman–Crippen LogP) is 6.01. The van der Waals surface area contributed by atoms with E-state index in [0.717, 1.165) is 5.56 Å². The number of rotatable bonds is 7. The van der Waals surface area contributed by atoms with Crippen LogP contribution in [0.4, 0.5) is 0 Å². The molecule has 4 nitrogen and oxygen atoms in total. The van der Waals surface area contributed by atoms with E-state index in [4.69, 9.17) is 4.74 Å². The summed E-state index contributed by atoms with van der Waals surface area (Å²) in [5.41, 5.74) is 2.40. The molecule has 1 atom stereocenters. The SMILES string of the molecule is COC(C(=O)c1ccccc1)c1ccccc1.O=C(C(=O)c1ccccc1)c1ccccc1. The third kappa shape index (κ3) is 6.42. The van der Waals surface area contributed by atoms with E-state index in [9.17, 15) is 14.4 Å². The minimum absolute atomic E-state index is 0.0145. The van der Waals surface area contributed by atoms with E-state index < -0.39 is 17.7 Å². The molecule has 0 aliphatic carbocycles. The number of carbonyl (C=O) groups is 3. The molecular weight excluding hydrogens is 412 g/mol. The van der Waals surface area contributed by atoms with Gasteiger partial charge in [0.2, 0.25) is 11.6 Å². The van der Waals surface area contributed by atoms with Crippen molar-refractivity contribution in [2.75, 3.05) is 7.11 Å². The summed E-state index contributed by atoms with van der Waals surface area (Å²) in [6.07, 6.45) is -0.529. The van der Waals surface area contributed by atoms with Crippen LogP contribution in [-0.2, 0) is 4.74 Å². The van der Waals surface area contributed by atoms with Crippen LogP contribution < -0.4 is 0 Å². The van der Waals surface area contributed by atoms with Crippen molar-refractivity contribution >= 4 is 17.3 Å². The fraction of sp³-hybridized carbons (Fsp3) is 0.0690. The lowest BCUT2D eigenvalue weighted by Crippen LogP contribution is -2.14. The van der Waals surface area contributed by atoms with Crippen LogP contribution in [0.3, 0.4) is 0 Å². The number of methoxy groups -OCH3 is 1. The minimum atomic E-state index is -0.529. The third-order valence-corrected chi connectivity index (χ3v) is 4.91. The Morgan fingerprint density at radius 3 is 1.21 bits per heavy atom. The summed E-state index contributed by atoms with van der Waals surface area (Å²) in [6, 6.07) is 35.9. The number of Topliss-reactive ketones (excluding diaryl/α,β-unsaturated/α-hetero) is 3. The first-order valence-electron chi connectivity index (χ1n) is 10.5. The van der Waals surface area contributed by atoms with Crippen LogP contribution in [0, 0.1) is 0 Å². The van der Waals surface area contributed by atoms with Crippen molar-refractivity contribution in [2.45, 2.75) is 6.10 Å². The summed E-state index contributed by atoms with van der Waals surface area (Å²) in [7, 11) is 1.55. The first kappa shape index (κ1) is 23.5. The van der Waals surface area contributed by atoms with Gasteiger partial charge in [-0.15, -0.1) is 0 Å². The van der Waals surface area contributed by atoms with Crippen LogP contribution in [-0.4, -0.2) is 24.5 Å². The van der Waals surface area contributed by atoms with Gasteiger partial charge in [0.25, 0.3) is 0 Å². The molecule has 0 fully saturated rings. The highest BCUT2D eigenvalue weighted by Crippen LogP contribution is 2.21. The summed E-state index contributed by atoms with van der Waals surface area (Å²) in [5, 5.41) is 0. The Balaban J connectivity index is 0.000000186. The summed E-state index contributed by atoms with van der Waals surface area (Å²) < 4.78 is 5.30. The van der Waals surface area contributed by atoms with Crippen LogP contribution in [0.15, 0.2) is 121 Å². The van der Waals surface area contributed by atoms with Crippen molar-refractivity contribution in [1.82, 2.24) is 0 Å². The monoisotopic (exact) mass is 436 g/mol. The van der Waals surface area contributed by atoms with E-state index in [-0.39, 0.29) is 5.78 Å². The van der Waals surface area contributed by atoms with Gasteiger partial charge in [0.1, 0.15) is 6.10 Å². The summed E-state index contributed by atoms with van der Waals surface area (Å²) in [6.45, 7) is 0. The largest absolute Gasteiger partial charge is 0.369 e. The first-order chi connectivity index (χ1) is 16.1. The lowest BCUT2D eigenvalue weighted by atomic mass is 10.00. The fourth-order valence-electron chi connectivity index (χ4n) is 3.22. The molecule has 0 spiro atoms. The lowest BCUT2D eigenvalue weighted by molar-refractivity contribution is 0.0604. The predicted molar refractivity (Wildman–Crippen MR) is 129 cm³/mol. The van der Waals surface area contributed by atoms with Gasteiger partial charge in [0.15, 0.2) is 5.78 Å². The highest BCUT2D eigenvalue weighted by Gasteiger charge is 2.21. The molecule has 0 aromatic heterocycles. The van der Waals surface area contributed by atoms with Crippen molar-refractivity contribution in [1.29, 1.82) is 0 Å². The van der Waals surface area contributed by atoms with Crippen molar-refractivity contribution in [2.24, 2.45) is 0 Å². The maximum Gasteiger partial charge on any atom is 0.233 e. The number of hydrogen-bond donors (Lipinski definition) is 0. The molecule has 0 radical (unpaired) electrons. The molecule has 4 heteroatoms. The zero-order valence-corrected chi connectivity index (χ0v) is 18.3. The topological polar surface area (TPSA) is 60.4 Å². The summed E-state index contributed by atoms with van der Waals surface area (Å²) >= 11 is 0. The summed E-state index contributed by atoms with van der Waals surface area (Å²) in [4.78, 5) is 35.8. The number of ether oxygens (including phenoxy) is 1. The maximum absolute atomic E-state index is 12.3. The van der Waals surface area contributed by atoms with Crippen molar-refractivity contribution in [3.8, 4) is 0 Å². The molecule has 0 saturated heterocycles. The van der Waals surface area contributed by atoms with Gasteiger partial charge in [-0.05, 0) is 5.56 Å². The van der Waals surface area contributed by atoms with Crippen LogP contribution in [0.25, 0.3) is 0 Å². The Hall–Kier alpha value is -4.15. The zero-order valence-electron chi connectivity index (χ0n) is 18.3. The molecule has 4 aromatic rings. The van der Waals surface area contributed by atoms with Crippen molar-refractivity contribution in [3.05, 3.63) is 144 Å². The van der Waals surface area contributed by atoms with Crippen molar-refractivity contribution < 1.29 is 19.1 Å². The highest BCUT2D eigenvalue weighted by molar-refractivity contribution is 6.49. The number of hydrogen-bond acceptors (Lipinski definition) is 4. The van der Waals surface area contributed by atoms with Crippen LogP contribution >= 0.6 is 0 Å². The molecule has 0 heterocycles. The maximum atomic E-state index is 12.3. The molecule has 0 amide bonds. The molecule has 0 aliphatic rings. The molecular formula is C29H24O4.